The van der Waals surface area contributed by atoms with Crippen molar-refractivity contribution in [1.82, 2.24) is 0 Å². The molecule has 70 valence electrons. The van der Waals surface area contributed by atoms with Crippen molar-refractivity contribution in [2.45, 2.75) is 33.0 Å². The molecule has 0 saturated heterocycles. The highest BCUT2D eigenvalue weighted by Gasteiger charge is 2.07. The third kappa shape index (κ3) is 6.14. The van der Waals surface area contributed by atoms with Crippen LogP contribution in [0.2, 0.25) is 0 Å². The van der Waals surface area contributed by atoms with E-state index >= 15 is 0 Å². The Balaban J connectivity index is 3.42. The van der Waals surface area contributed by atoms with Crippen LogP contribution < -0.4 is 0 Å². The molecule has 0 unspecified atom stereocenters. The molecule has 0 heterocycles. The Morgan fingerprint density at radius 2 is 1.83 bits per heavy atom. The first-order valence-electron chi connectivity index (χ1n) is 4.41. The lowest BCUT2D eigenvalue weighted by Crippen LogP contribution is -2.17. The molecule has 0 radical (unpaired) electrons. The molecule has 0 saturated carbocycles. The fourth-order valence-electron chi connectivity index (χ4n) is 0.924. The van der Waals surface area contributed by atoms with Gasteiger partial charge in [0.15, 0.2) is 6.29 Å². The summed E-state index contributed by atoms with van der Waals surface area (Å²) < 4.78 is 10.6. The molecular weight excluding hydrogens is 154 g/mol. The van der Waals surface area contributed by atoms with Gasteiger partial charge in [0, 0.05) is 26.1 Å². The largest absolute Gasteiger partial charge is 0.353 e. The fourth-order valence-corrected chi connectivity index (χ4v) is 0.924. The molecule has 0 aliphatic carbocycles. The second-order valence-electron chi connectivity index (χ2n) is 2.36. The summed E-state index contributed by atoms with van der Waals surface area (Å²) in [5.74, 6) is 0. The Kier molecular flexibility index (Phi) is 8.09. The van der Waals surface area contributed by atoms with Crippen molar-refractivity contribution in [3.8, 4) is 0 Å². The van der Waals surface area contributed by atoms with Gasteiger partial charge in [-0.2, -0.15) is 0 Å². The lowest BCUT2D eigenvalue weighted by atomic mass is 10.3. The number of rotatable bonds is 7. The van der Waals surface area contributed by atoms with Crippen LogP contribution in [0.4, 0.5) is 0 Å². The molecule has 0 bridgehead atoms. The Hall–Kier alpha value is -0.590. The van der Waals surface area contributed by atoms with Crippen LogP contribution in [0.15, 0.2) is 0 Å². The quantitative estimate of drug-likeness (QED) is 0.332. The van der Waals surface area contributed by atoms with E-state index in [9.17, 15) is 0 Å². The molecule has 0 aromatic heterocycles. The van der Waals surface area contributed by atoms with Crippen LogP contribution in [0.1, 0.15) is 26.7 Å². The zero-order valence-electron chi connectivity index (χ0n) is 7.88. The van der Waals surface area contributed by atoms with Gasteiger partial charge in [-0.15, -0.1) is 0 Å². The van der Waals surface area contributed by atoms with E-state index < -0.39 is 0 Å². The topological polar surface area (TPSA) is 22.8 Å². The standard InChI is InChI=1S/C9H17NO2/c1-4-11-9(12-5-2)7-6-8-10-3/h9H,4-8H2,1-2H3. The fraction of sp³-hybridized carbons (Fsp3) is 0.889. The first-order chi connectivity index (χ1) is 5.85. The summed E-state index contributed by atoms with van der Waals surface area (Å²) in [5, 5.41) is 0. The molecule has 0 rings (SSSR count). The van der Waals surface area contributed by atoms with Crippen LogP contribution in [0, 0.1) is 6.57 Å². The number of ether oxygens (including phenoxy) is 2. The van der Waals surface area contributed by atoms with E-state index in [-0.39, 0.29) is 6.29 Å². The molecule has 12 heavy (non-hydrogen) atoms. The summed E-state index contributed by atoms with van der Waals surface area (Å²) in [4.78, 5) is 3.27. The van der Waals surface area contributed by atoms with Gasteiger partial charge in [0.1, 0.15) is 0 Å². The molecule has 0 spiro atoms. The minimum atomic E-state index is -0.109. The van der Waals surface area contributed by atoms with Crippen LogP contribution in [0.3, 0.4) is 0 Å². The van der Waals surface area contributed by atoms with Crippen LogP contribution >= 0.6 is 0 Å². The van der Waals surface area contributed by atoms with Gasteiger partial charge >= 0.3 is 0 Å². The highest BCUT2D eigenvalue weighted by molar-refractivity contribution is 4.59. The third-order valence-corrected chi connectivity index (χ3v) is 1.41. The first kappa shape index (κ1) is 11.4. The second kappa shape index (κ2) is 8.51. The zero-order valence-corrected chi connectivity index (χ0v) is 7.88. The normalized spacial score (nSPS) is 10.2. The van der Waals surface area contributed by atoms with Gasteiger partial charge in [-0.3, -0.25) is 0 Å². The smallest absolute Gasteiger partial charge is 0.214 e. The SMILES string of the molecule is [C-]#[N+]CCCC(OCC)OCC. The molecule has 0 N–H and O–H groups in total. The maximum Gasteiger partial charge on any atom is 0.214 e. The molecule has 0 amide bonds. The second-order valence-corrected chi connectivity index (χ2v) is 2.36. The number of hydrogen-bond donors (Lipinski definition) is 0. The van der Waals surface area contributed by atoms with Gasteiger partial charge in [0.05, 0.1) is 0 Å². The lowest BCUT2D eigenvalue weighted by Gasteiger charge is -2.15. The average molecular weight is 171 g/mol. The minimum absolute atomic E-state index is 0.109. The lowest BCUT2D eigenvalue weighted by molar-refractivity contribution is -0.139. The Labute approximate surface area is 74.5 Å². The van der Waals surface area contributed by atoms with Crippen LogP contribution in [-0.2, 0) is 9.47 Å². The maximum atomic E-state index is 6.59. The molecule has 0 aromatic rings. The monoisotopic (exact) mass is 171 g/mol. The molecule has 3 heteroatoms. The average Bonchev–Trinajstić information content (AvgIpc) is 2.06. The van der Waals surface area contributed by atoms with E-state index in [2.05, 4.69) is 4.85 Å². The van der Waals surface area contributed by atoms with Gasteiger partial charge in [-0.05, 0) is 13.8 Å². The van der Waals surface area contributed by atoms with Gasteiger partial charge in [0.2, 0.25) is 6.54 Å². The third-order valence-electron chi connectivity index (χ3n) is 1.41. The predicted molar refractivity (Wildman–Crippen MR) is 47.7 cm³/mol. The Morgan fingerprint density at radius 3 is 2.25 bits per heavy atom. The molecular formula is C9H17NO2. The van der Waals surface area contributed by atoms with Gasteiger partial charge in [-0.1, -0.05) is 0 Å². The van der Waals surface area contributed by atoms with Crippen LogP contribution in [-0.4, -0.2) is 26.0 Å². The summed E-state index contributed by atoms with van der Waals surface area (Å²) >= 11 is 0. The van der Waals surface area contributed by atoms with E-state index in [0.717, 1.165) is 12.8 Å². The van der Waals surface area contributed by atoms with Crippen LogP contribution in [0.25, 0.3) is 4.85 Å². The highest BCUT2D eigenvalue weighted by atomic mass is 16.7. The molecule has 0 fully saturated rings. The summed E-state index contributed by atoms with van der Waals surface area (Å²) in [6.45, 7) is 12.4. The molecule has 0 aliphatic rings. The number of hydrogen-bond acceptors (Lipinski definition) is 2. The zero-order chi connectivity index (χ0) is 9.23. The van der Waals surface area contributed by atoms with E-state index in [0.29, 0.717) is 19.8 Å². The molecule has 0 aromatic carbocycles. The summed E-state index contributed by atoms with van der Waals surface area (Å²) in [5.41, 5.74) is 0. The van der Waals surface area contributed by atoms with Crippen molar-refractivity contribution in [3.05, 3.63) is 11.4 Å². The molecule has 0 aliphatic heterocycles. The van der Waals surface area contributed by atoms with Crippen molar-refractivity contribution >= 4 is 0 Å². The van der Waals surface area contributed by atoms with Crippen LogP contribution in [0.5, 0.6) is 0 Å². The molecule has 3 nitrogen and oxygen atoms in total. The van der Waals surface area contributed by atoms with Crippen molar-refractivity contribution in [3.63, 3.8) is 0 Å². The maximum absolute atomic E-state index is 6.59. The Morgan fingerprint density at radius 1 is 1.25 bits per heavy atom. The van der Waals surface area contributed by atoms with Gasteiger partial charge < -0.3 is 14.3 Å². The predicted octanol–water partition coefficient (Wildman–Crippen LogP) is 2.08. The van der Waals surface area contributed by atoms with E-state index in [4.69, 9.17) is 16.0 Å². The summed E-state index contributed by atoms with van der Waals surface area (Å²) in [6, 6.07) is 0. The van der Waals surface area contributed by atoms with E-state index in [1.807, 2.05) is 13.8 Å². The van der Waals surface area contributed by atoms with E-state index in [1.165, 1.54) is 0 Å². The van der Waals surface area contributed by atoms with E-state index in [1.54, 1.807) is 0 Å². The summed E-state index contributed by atoms with van der Waals surface area (Å²) in [6.07, 6.45) is 1.57. The summed E-state index contributed by atoms with van der Waals surface area (Å²) in [7, 11) is 0. The number of nitrogens with zero attached hydrogens (tertiary/aromatic N) is 1. The first-order valence-corrected chi connectivity index (χ1v) is 4.41. The molecule has 0 atom stereocenters. The van der Waals surface area contributed by atoms with Crippen molar-refractivity contribution in [2.24, 2.45) is 0 Å². The highest BCUT2D eigenvalue weighted by Crippen LogP contribution is 2.04. The minimum Gasteiger partial charge on any atom is -0.353 e. The van der Waals surface area contributed by atoms with Gasteiger partial charge in [-0.25, -0.2) is 6.57 Å². The van der Waals surface area contributed by atoms with Crippen molar-refractivity contribution in [2.75, 3.05) is 19.8 Å². The van der Waals surface area contributed by atoms with Crippen molar-refractivity contribution < 1.29 is 9.47 Å². The van der Waals surface area contributed by atoms with Crippen molar-refractivity contribution in [1.29, 1.82) is 0 Å². The van der Waals surface area contributed by atoms with Gasteiger partial charge in [0.25, 0.3) is 0 Å². The Bertz CT molecular complexity index is 125.